The van der Waals surface area contributed by atoms with Gasteiger partial charge >= 0.3 is 0 Å². The van der Waals surface area contributed by atoms with Crippen LogP contribution in [-0.4, -0.2) is 5.91 Å². The third-order valence-corrected chi connectivity index (χ3v) is 3.23. The monoisotopic (exact) mass is 341 g/mol. The van der Waals surface area contributed by atoms with Crippen molar-refractivity contribution >= 4 is 39.1 Å². The Kier molecular flexibility index (Phi) is 4.22. The molecule has 0 unspecified atom stereocenters. The molecule has 0 saturated heterocycles. The molecular weight excluding hydrogens is 333 g/mol. The summed E-state index contributed by atoms with van der Waals surface area (Å²) in [6.45, 7) is 1.66. The quantitative estimate of drug-likeness (QED) is 0.834. The predicted octanol–water partition coefficient (Wildman–Crippen LogP) is 4.80. The zero-order chi connectivity index (χ0) is 14.0. The molecular formula is C14H10BrClFNO. The Morgan fingerprint density at radius 1 is 1.26 bits per heavy atom. The summed E-state index contributed by atoms with van der Waals surface area (Å²) in [6, 6.07) is 9.42. The summed E-state index contributed by atoms with van der Waals surface area (Å²) >= 11 is 9.14. The number of hydrogen-bond acceptors (Lipinski definition) is 1. The van der Waals surface area contributed by atoms with Crippen molar-refractivity contribution in [2.45, 2.75) is 6.92 Å². The molecule has 0 fully saturated rings. The molecule has 19 heavy (non-hydrogen) atoms. The summed E-state index contributed by atoms with van der Waals surface area (Å²) in [6.07, 6.45) is 0. The maximum atomic E-state index is 13.4. The van der Waals surface area contributed by atoms with Gasteiger partial charge in [-0.05, 0) is 42.8 Å². The van der Waals surface area contributed by atoms with E-state index in [2.05, 4.69) is 21.2 Å². The molecule has 0 aliphatic rings. The molecule has 98 valence electrons. The van der Waals surface area contributed by atoms with E-state index in [1.807, 2.05) is 0 Å². The van der Waals surface area contributed by atoms with Crippen molar-refractivity contribution in [3.8, 4) is 0 Å². The summed E-state index contributed by atoms with van der Waals surface area (Å²) < 4.78 is 14.1. The van der Waals surface area contributed by atoms with Crippen molar-refractivity contribution in [2.24, 2.45) is 0 Å². The average Bonchev–Trinajstić information content (AvgIpc) is 2.32. The molecule has 0 spiro atoms. The van der Waals surface area contributed by atoms with Gasteiger partial charge in [0.15, 0.2) is 0 Å². The Hall–Kier alpha value is -1.39. The van der Waals surface area contributed by atoms with Gasteiger partial charge in [-0.2, -0.15) is 0 Å². The minimum absolute atomic E-state index is 0.341. The van der Waals surface area contributed by atoms with E-state index in [1.54, 1.807) is 37.3 Å². The Morgan fingerprint density at radius 3 is 2.63 bits per heavy atom. The lowest BCUT2D eigenvalue weighted by Crippen LogP contribution is -2.12. The minimum Gasteiger partial charge on any atom is -0.322 e. The molecule has 2 aromatic rings. The molecule has 0 atom stereocenters. The first-order valence-electron chi connectivity index (χ1n) is 5.49. The molecule has 0 bridgehead atoms. The van der Waals surface area contributed by atoms with Gasteiger partial charge in [0.2, 0.25) is 0 Å². The number of carbonyl (C=O) groups is 1. The van der Waals surface area contributed by atoms with Gasteiger partial charge in [-0.15, -0.1) is 0 Å². The first-order chi connectivity index (χ1) is 8.95. The lowest BCUT2D eigenvalue weighted by molar-refractivity contribution is 0.102. The Labute approximate surface area is 123 Å². The van der Waals surface area contributed by atoms with Crippen molar-refractivity contribution < 1.29 is 9.18 Å². The fourth-order valence-corrected chi connectivity index (χ4v) is 2.42. The first kappa shape index (κ1) is 14.0. The maximum absolute atomic E-state index is 13.4. The van der Waals surface area contributed by atoms with Crippen LogP contribution in [0.4, 0.5) is 10.1 Å². The number of anilines is 1. The largest absolute Gasteiger partial charge is 0.322 e. The van der Waals surface area contributed by atoms with Crippen LogP contribution in [0, 0.1) is 12.7 Å². The van der Waals surface area contributed by atoms with Gasteiger partial charge in [-0.3, -0.25) is 4.79 Å². The highest BCUT2D eigenvalue weighted by molar-refractivity contribution is 9.10. The predicted molar refractivity (Wildman–Crippen MR) is 78.2 cm³/mol. The third-order valence-electron chi connectivity index (χ3n) is 2.55. The normalized spacial score (nSPS) is 10.3. The lowest BCUT2D eigenvalue weighted by atomic mass is 10.2. The van der Waals surface area contributed by atoms with Crippen LogP contribution in [-0.2, 0) is 0 Å². The zero-order valence-electron chi connectivity index (χ0n) is 10.0. The van der Waals surface area contributed by atoms with Crippen LogP contribution in [0.2, 0.25) is 5.02 Å². The number of halogens is 3. The second-order valence-electron chi connectivity index (χ2n) is 4.08. The molecule has 1 amide bonds. The van der Waals surface area contributed by atoms with Crippen LogP contribution in [0.1, 0.15) is 15.9 Å². The van der Waals surface area contributed by atoms with Crippen LogP contribution < -0.4 is 5.32 Å². The summed E-state index contributed by atoms with van der Waals surface area (Å²) in [7, 11) is 0. The number of carbonyl (C=O) groups excluding carboxylic acids is 1. The standard InChI is InChI=1S/C14H10BrClFNO/c1-8-2-3-12(7-13(8)17)18-14(19)9-4-10(15)6-11(16)5-9/h2-7H,1H3,(H,18,19). The Morgan fingerprint density at radius 2 is 2.00 bits per heavy atom. The first-order valence-corrected chi connectivity index (χ1v) is 6.66. The zero-order valence-corrected chi connectivity index (χ0v) is 12.3. The van der Waals surface area contributed by atoms with Crippen molar-refractivity contribution in [1.82, 2.24) is 0 Å². The van der Waals surface area contributed by atoms with E-state index in [4.69, 9.17) is 11.6 Å². The molecule has 0 saturated carbocycles. The molecule has 0 aromatic heterocycles. The Balaban J connectivity index is 2.22. The molecule has 5 heteroatoms. The summed E-state index contributed by atoms with van der Waals surface area (Å²) in [5, 5.41) is 3.08. The topological polar surface area (TPSA) is 29.1 Å². The molecule has 1 N–H and O–H groups in total. The highest BCUT2D eigenvalue weighted by atomic mass is 79.9. The van der Waals surface area contributed by atoms with Gasteiger partial charge < -0.3 is 5.32 Å². The highest BCUT2D eigenvalue weighted by Gasteiger charge is 2.09. The molecule has 2 rings (SSSR count). The van der Waals surface area contributed by atoms with Crippen molar-refractivity contribution in [2.75, 3.05) is 5.32 Å². The van der Waals surface area contributed by atoms with E-state index < -0.39 is 0 Å². The Bertz CT molecular complexity index is 625. The van der Waals surface area contributed by atoms with Crippen LogP contribution in [0.3, 0.4) is 0 Å². The van der Waals surface area contributed by atoms with E-state index in [-0.39, 0.29) is 11.7 Å². The van der Waals surface area contributed by atoms with Crippen molar-refractivity contribution in [3.63, 3.8) is 0 Å². The third kappa shape index (κ3) is 3.55. The molecule has 0 radical (unpaired) electrons. The fraction of sp³-hybridized carbons (Fsp3) is 0.0714. The van der Waals surface area contributed by atoms with Gasteiger partial charge in [-0.25, -0.2) is 4.39 Å². The molecule has 0 aliphatic carbocycles. The van der Waals surface area contributed by atoms with E-state index in [0.29, 0.717) is 26.3 Å². The average molecular weight is 343 g/mol. The van der Waals surface area contributed by atoms with Gasteiger partial charge in [0.1, 0.15) is 5.82 Å². The van der Waals surface area contributed by atoms with Gasteiger partial charge in [-0.1, -0.05) is 33.6 Å². The molecule has 0 aliphatic heterocycles. The number of rotatable bonds is 2. The molecule has 2 nitrogen and oxygen atoms in total. The molecule has 0 heterocycles. The number of aryl methyl sites for hydroxylation is 1. The summed E-state index contributed by atoms with van der Waals surface area (Å²) in [4.78, 5) is 12.0. The van der Waals surface area contributed by atoms with Crippen molar-refractivity contribution in [1.29, 1.82) is 0 Å². The van der Waals surface area contributed by atoms with Crippen LogP contribution in [0.5, 0.6) is 0 Å². The van der Waals surface area contributed by atoms with E-state index in [9.17, 15) is 9.18 Å². The van der Waals surface area contributed by atoms with E-state index in [0.717, 1.165) is 0 Å². The number of benzene rings is 2. The SMILES string of the molecule is Cc1ccc(NC(=O)c2cc(Cl)cc(Br)c2)cc1F. The number of amides is 1. The maximum Gasteiger partial charge on any atom is 0.255 e. The summed E-state index contributed by atoms with van der Waals surface area (Å²) in [5.41, 5.74) is 1.34. The van der Waals surface area contributed by atoms with Crippen LogP contribution in [0.15, 0.2) is 40.9 Å². The number of hydrogen-bond donors (Lipinski definition) is 1. The second-order valence-corrected chi connectivity index (χ2v) is 5.43. The van der Waals surface area contributed by atoms with Gasteiger partial charge in [0.05, 0.1) is 0 Å². The highest BCUT2D eigenvalue weighted by Crippen LogP contribution is 2.21. The minimum atomic E-state index is -0.356. The fourth-order valence-electron chi connectivity index (χ4n) is 1.56. The van der Waals surface area contributed by atoms with Crippen molar-refractivity contribution in [3.05, 3.63) is 62.8 Å². The van der Waals surface area contributed by atoms with Gasteiger partial charge in [0.25, 0.3) is 5.91 Å². The van der Waals surface area contributed by atoms with Gasteiger partial charge in [0, 0.05) is 20.7 Å². The molecule has 2 aromatic carbocycles. The van der Waals surface area contributed by atoms with Crippen LogP contribution in [0.25, 0.3) is 0 Å². The van der Waals surface area contributed by atoms with E-state index >= 15 is 0 Å². The lowest BCUT2D eigenvalue weighted by Gasteiger charge is -2.07. The summed E-state index contributed by atoms with van der Waals surface area (Å²) in [5.74, 6) is -0.698. The smallest absolute Gasteiger partial charge is 0.255 e. The van der Waals surface area contributed by atoms with Crippen LogP contribution >= 0.6 is 27.5 Å². The van der Waals surface area contributed by atoms with E-state index in [1.165, 1.54) is 6.07 Å². The number of nitrogens with one attached hydrogen (secondary N) is 1. The second kappa shape index (κ2) is 5.72.